The fourth-order valence-corrected chi connectivity index (χ4v) is 1.35. The molecule has 1 rings (SSSR count). The van der Waals surface area contributed by atoms with Crippen molar-refractivity contribution in [3.05, 3.63) is 17.0 Å². The molecule has 0 atom stereocenters. The van der Waals surface area contributed by atoms with Gasteiger partial charge in [-0.25, -0.2) is 9.97 Å². The quantitative estimate of drug-likeness (QED) is 0.645. The van der Waals surface area contributed by atoms with E-state index in [0.717, 1.165) is 0 Å². The third-order valence-corrected chi connectivity index (χ3v) is 1.98. The van der Waals surface area contributed by atoms with E-state index in [-0.39, 0.29) is 24.0 Å². The number of nitrogens with one attached hydrogen (secondary N) is 1. The molecule has 0 aliphatic carbocycles. The van der Waals surface area contributed by atoms with Crippen LogP contribution in [0.4, 0.5) is 19.0 Å². The smallest absolute Gasteiger partial charge is 0.369 e. The van der Waals surface area contributed by atoms with Crippen LogP contribution in [0, 0.1) is 11.3 Å². The minimum Gasteiger partial charge on any atom is -0.369 e. The van der Waals surface area contributed by atoms with Crippen molar-refractivity contribution in [2.45, 2.75) is 19.2 Å². The molecule has 0 saturated carbocycles. The molecule has 0 bridgehead atoms. The monoisotopic (exact) mass is 294 g/mol. The highest BCUT2D eigenvalue weighted by molar-refractivity contribution is 6.28. The largest absolute Gasteiger partial charge is 0.411 e. The maximum absolute atomic E-state index is 11.9. The topological polar surface area (TPSA) is 70.8 Å². The zero-order chi connectivity index (χ0) is 14.3. The molecule has 0 amide bonds. The third-order valence-electron chi connectivity index (χ3n) is 1.81. The molecule has 0 aliphatic heterocycles. The van der Waals surface area contributed by atoms with E-state index in [2.05, 4.69) is 20.0 Å². The average molecular weight is 295 g/mol. The first-order valence-corrected chi connectivity index (χ1v) is 5.57. The summed E-state index contributed by atoms with van der Waals surface area (Å²) in [6.07, 6.45) is -4.12. The molecule has 5 nitrogen and oxygen atoms in total. The van der Waals surface area contributed by atoms with Crippen LogP contribution in [-0.2, 0) is 11.3 Å². The number of hydrogen-bond acceptors (Lipinski definition) is 5. The van der Waals surface area contributed by atoms with Crippen molar-refractivity contribution < 1.29 is 17.9 Å². The molecule has 0 radical (unpaired) electrons. The molecule has 1 aromatic rings. The summed E-state index contributed by atoms with van der Waals surface area (Å²) >= 11 is 5.63. The number of anilines is 1. The SMILES string of the molecule is N#CCCNc1cc(COCC(F)(F)F)nc(Cl)n1. The summed E-state index contributed by atoms with van der Waals surface area (Å²) < 4.78 is 40.2. The zero-order valence-corrected chi connectivity index (χ0v) is 10.4. The van der Waals surface area contributed by atoms with Gasteiger partial charge in [-0.1, -0.05) is 0 Å². The van der Waals surface area contributed by atoms with Gasteiger partial charge in [0.15, 0.2) is 0 Å². The molecule has 1 heterocycles. The minimum absolute atomic E-state index is 0.104. The molecule has 19 heavy (non-hydrogen) atoms. The van der Waals surface area contributed by atoms with Crippen molar-refractivity contribution in [1.82, 2.24) is 9.97 Å². The molecule has 1 aromatic heterocycles. The summed E-state index contributed by atoms with van der Waals surface area (Å²) in [7, 11) is 0. The van der Waals surface area contributed by atoms with Gasteiger partial charge in [-0.2, -0.15) is 18.4 Å². The Bertz CT molecular complexity index is 461. The number of nitrogens with zero attached hydrogens (tertiary/aromatic N) is 3. The Morgan fingerprint density at radius 3 is 2.79 bits per heavy atom. The molecule has 0 fully saturated rings. The highest BCUT2D eigenvalue weighted by atomic mass is 35.5. The van der Waals surface area contributed by atoms with Crippen LogP contribution in [0.5, 0.6) is 0 Å². The summed E-state index contributed by atoms with van der Waals surface area (Å²) in [6, 6.07) is 3.35. The Hall–Kier alpha value is -1.59. The summed E-state index contributed by atoms with van der Waals surface area (Å²) in [5.41, 5.74) is 0.226. The highest BCUT2D eigenvalue weighted by Crippen LogP contribution is 2.16. The minimum atomic E-state index is -4.38. The maximum atomic E-state index is 11.9. The van der Waals surface area contributed by atoms with E-state index in [0.29, 0.717) is 12.4 Å². The Morgan fingerprint density at radius 1 is 1.42 bits per heavy atom. The van der Waals surface area contributed by atoms with Gasteiger partial charge in [0.05, 0.1) is 24.8 Å². The number of rotatable bonds is 6. The molecule has 0 aliphatic rings. The van der Waals surface area contributed by atoms with Crippen LogP contribution in [0.1, 0.15) is 12.1 Å². The lowest BCUT2D eigenvalue weighted by molar-refractivity contribution is -0.176. The first-order valence-electron chi connectivity index (χ1n) is 5.19. The maximum Gasteiger partial charge on any atom is 0.411 e. The Labute approximate surface area is 112 Å². The zero-order valence-electron chi connectivity index (χ0n) is 9.67. The van der Waals surface area contributed by atoms with Crippen LogP contribution < -0.4 is 5.32 Å². The summed E-state index contributed by atoms with van der Waals surface area (Å²) in [5, 5.41) is 11.1. The van der Waals surface area contributed by atoms with Crippen molar-refractivity contribution in [3.63, 3.8) is 0 Å². The number of halogens is 4. The van der Waals surface area contributed by atoms with Gasteiger partial charge < -0.3 is 10.1 Å². The molecular formula is C10H10ClF3N4O. The number of ether oxygens (including phenoxy) is 1. The lowest BCUT2D eigenvalue weighted by Crippen LogP contribution is -2.17. The van der Waals surface area contributed by atoms with Crippen LogP contribution in [0.25, 0.3) is 0 Å². The lowest BCUT2D eigenvalue weighted by atomic mass is 10.4. The molecule has 0 aromatic carbocycles. The van der Waals surface area contributed by atoms with Crippen LogP contribution >= 0.6 is 11.6 Å². The fraction of sp³-hybridized carbons (Fsp3) is 0.500. The van der Waals surface area contributed by atoms with Crippen LogP contribution in [0.2, 0.25) is 5.28 Å². The predicted molar refractivity (Wildman–Crippen MR) is 61.5 cm³/mol. The van der Waals surface area contributed by atoms with Gasteiger partial charge in [-0.15, -0.1) is 0 Å². The van der Waals surface area contributed by atoms with E-state index in [1.165, 1.54) is 6.07 Å². The van der Waals surface area contributed by atoms with E-state index in [1.807, 2.05) is 6.07 Å². The van der Waals surface area contributed by atoms with Crippen molar-refractivity contribution >= 4 is 17.4 Å². The van der Waals surface area contributed by atoms with E-state index < -0.39 is 12.8 Å². The summed E-state index contributed by atoms with van der Waals surface area (Å²) in [6.45, 7) is -1.33. The van der Waals surface area contributed by atoms with Crippen molar-refractivity contribution in [2.75, 3.05) is 18.5 Å². The van der Waals surface area contributed by atoms with E-state index in [9.17, 15) is 13.2 Å². The van der Waals surface area contributed by atoms with Gasteiger partial charge in [0.25, 0.3) is 0 Å². The lowest BCUT2D eigenvalue weighted by Gasteiger charge is -2.09. The number of hydrogen-bond donors (Lipinski definition) is 1. The third kappa shape index (κ3) is 6.79. The van der Waals surface area contributed by atoms with Crippen molar-refractivity contribution in [2.24, 2.45) is 0 Å². The first-order chi connectivity index (χ1) is 8.90. The number of aromatic nitrogens is 2. The first kappa shape index (κ1) is 15.5. The Morgan fingerprint density at radius 2 is 2.16 bits per heavy atom. The van der Waals surface area contributed by atoms with Gasteiger partial charge in [0.1, 0.15) is 12.4 Å². The van der Waals surface area contributed by atoms with Gasteiger partial charge in [0.2, 0.25) is 5.28 Å². The predicted octanol–water partition coefficient (Wildman–Crippen LogP) is 2.53. The standard InChI is InChI=1S/C10H10ClF3N4O/c11-9-17-7(5-19-6-10(12,13)14)4-8(18-9)16-3-1-2-15/h4H,1,3,5-6H2,(H,16,17,18). The molecule has 0 saturated heterocycles. The molecular weight excluding hydrogens is 285 g/mol. The number of alkyl halides is 3. The van der Waals surface area contributed by atoms with E-state index in [4.69, 9.17) is 16.9 Å². The second-order valence-corrected chi connectivity index (χ2v) is 3.79. The van der Waals surface area contributed by atoms with E-state index in [1.54, 1.807) is 0 Å². The second-order valence-electron chi connectivity index (χ2n) is 3.46. The Balaban J connectivity index is 2.56. The van der Waals surface area contributed by atoms with Crippen LogP contribution in [0.15, 0.2) is 6.07 Å². The van der Waals surface area contributed by atoms with Crippen molar-refractivity contribution in [3.8, 4) is 6.07 Å². The molecule has 9 heteroatoms. The van der Waals surface area contributed by atoms with Crippen LogP contribution in [0.3, 0.4) is 0 Å². The number of nitriles is 1. The molecule has 0 spiro atoms. The fourth-order valence-electron chi connectivity index (χ4n) is 1.15. The van der Waals surface area contributed by atoms with Gasteiger partial charge >= 0.3 is 6.18 Å². The van der Waals surface area contributed by atoms with Gasteiger partial charge in [0, 0.05) is 12.6 Å². The summed E-state index contributed by atoms with van der Waals surface area (Å²) in [4.78, 5) is 7.56. The molecule has 1 N–H and O–H groups in total. The Kier molecular flexibility index (Phi) is 5.79. The molecule has 0 unspecified atom stereocenters. The van der Waals surface area contributed by atoms with Crippen LogP contribution in [-0.4, -0.2) is 29.3 Å². The van der Waals surface area contributed by atoms with Crippen molar-refractivity contribution in [1.29, 1.82) is 5.26 Å². The summed E-state index contributed by atoms with van der Waals surface area (Å²) in [5.74, 6) is 0.334. The van der Waals surface area contributed by atoms with Gasteiger partial charge in [-0.05, 0) is 11.6 Å². The average Bonchev–Trinajstić information content (AvgIpc) is 2.27. The van der Waals surface area contributed by atoms with E-state index >= 15 is 0 Å². The highest BCUT2D eigenvalue weighted by Gasteiger charge is 2.27. The van der Waals surface area contributed by atoms with Gasteiger partial charge in [-0.3, -0.25) is 0 Å². The second kappa shape index (κ2) is 7.11. The molecule has 104 valence electrons. The normalized spacial score (nSPS) is 11.1.